The molecule has 1 aromatic carbocycles. The SMILES string of the molecule is CCCCC1CCC(CCc2ccc(C3CCC(C=O)(CCCC)CC3)cc2)CC1. The molecule has 2 saturated carbocycles. The highest BCUT2D eigenvalue weighted by Gasteiger charge is 2.34. The molecule has 0 radical (unpaired) electrons. The number of carbonyl (C=O) groups is 1. The van der Waals surface area contributed by atoms with Gasteiger partial charge in [0.1, 0.15) is 6.29 Å². The first-order valence-electron chi connectivity index (χ1n) is 13.2. The number of aryl methyl sites for hydroxylation is 1. The van der Waals surface area contributed by atoms with Crippen LogP contribution in [0, 0.1) is 17.3 Å². The van der Waals surface area contributed by atoms with Gasteiger partial charge in [-0.2, -0.15) is 0 Å². The maximum Gasteiger partial charge on any atom is 0.126 e. The zero-order chi connectivity index (χ0) is 21.2. The summed E-state index contributed by atoms with van der Waals surface area (Å²) in [5.41, 5.74) is 3.01. The van der Waals surface area contributed by atoms with Crippen molar-refractivity contribution in [3.63, 3.8) is 0 Å². The van der Waals surface area contributed by atoms with E-state index in [-0.39, 0.29) is 5.41 Å². The molecule has 0 spiro atoms. The van der Waals surface area contributed by atoms with Gasteiger partial charge >= 0.3 is 0 Å². The zero-order valence-corrected chi connectivity index (χ0v) is 19.8. The molecule has 0 heterocycles. The summed E-state index contributed by atoms with van der Waals surface area (Å²) in [4.78, 5) is 11.7. The van der Waals surface area contributed by atoms with Crippen LogP contribution in [0.25, 0.3) is 0 Å². The highest BCUT2D eigenvalue weighted by atomic mass is 16.1. The number of unbranched alkanes of at least 4 members (excludes halogenated alkanes) is 2. The van der Waals surface area contributed by atoms with Gasteiger partial charge in [0.2, 0.25) is 0 Å². The molecular weight excluding hydrogens is 364 g/mol. The van der Waals surface area contributed by atoms with E-state index < -0.39 is 0 Å². The Kier molecular flexibility index (Phi) is 9.47. The summed E-state index contributed by atoms with van der Waals surface area (Å²) in [6.45, 7) is 4.54. The van der Waals surface area contributed by atoms with Crippen molar-refractivity contribution in [3.05, 3.63) is 35.4 Å². The topological polar surface area (TPSA) is 17.1 Å². The fraction of sp³-hybridized carbons (Fsp3) is 0.759. The van der Waals surface area contributed by atoms with E-state index in [1.165, 1.54) is 101 Å². The number of rotatable bonds is 11. The molecule has 0 unspecified atom stereocenters. The average molecular weight is 411 g/mol. The number of hydrogen-bond donors (Lipinski definition) is 0. The number of benzene rings is 1. The molecule has 1 nitrogen and oxygen atoms in total. The first kappa shape index (κ1) is 23.6. The fourth-order valence-corrected chi connectivity index (χ4v) is 6.11. The van der Waals surface area contributed by atoms with Crippen molar-refractivity contribution < 1.29 is 4.79 Å². The van der Waals surface area contributed by atoms with E-state index in [9.17, 15) is 4.79 Å². The lowest BCUT2D eigenvalue weighted by Crippen LogP contribution is -2.28. The molecule has 3 rings (SSSR count). The Morgan fingerprint density at radius 1 is 0.833 bits per heavy atom. The lowest BCUT2D eigenvalue weighted by Gasteiger charge is -2.36. The lowest BCUT2D eigenvalue weighted by atomic mass is 9.67. The van der Waals surface area contributed by atoms with Crippen LogP contribution in [0.1, 0.15) is 127 Å². The molecule has 2 fully saturated rings. The van der Waals surface area contributed by atoms with Gasteiger partial charge in [0, 0.05) is 5.41 Å². The van der Waals surface area contributed by atoms with Crippen molar-refractivity contribution in [2.75, 3.05) is 0 Å². The van der Waals surface area contributed by atoms with E-state index in [1.54, 1.807) is 0 Å². The van der Waals surface area contributed by atoms with Crippen LogP contribution < -0.4 is 0 Å². The van der Waals surface area contributed by atoms with Crippen LogP contribution in [-0.2, 0) is 11.2 Å². The van der Waals surface area contributed by atoms with E-state index in [0.29, 0.717) is 5.92 Å². The van der Waals surface area contributed by atoms with Crippen LogP contribution >= 0.6 is 0 Å². The number of hydrogen-bond acceptors (Lipinski definition) is 1. The van der Waals surface area contributed by atoms with Crippen LogP contribution in [0.5, 0.6) is 0 Å². The van der Waals surface area contributed by atoms with Crippen LogP contribution in [-0.4, -0.2) is 6.29 Å². The predicted octanol–water partition coefficient (Wildman–Crippen LogP) is 8.65. The highest BCUT2D eigenvalue weighted by molar-refractivity contribution is 5.59. The quantitative estimate of drug-likeness (QED) is 0.333. The van der Waals surface area contributed by atoms with Crippen LogP contribution in [0.3, 0.4) is 0 Å². The number of aldehydes is 1. The van der Waals surface area contributed by atoms with E-state index in [1.807, 2.05) is 0 Å². The second kappa shape index (κ2) is 12.1. The second-order valence-electron chi connectivity index (χ2n) is 10.7. The van der Waals surface area contributed by atoms with E-state index >= 15 is 0 Å². The molecule has 0 aliphatic heterocycles. The van der Waals surface area contributed by atoms with E-state index in [0.717, 1.165) is 31.1 Å². The Bertz CT molecular complexity index is 600. The van der Waals surface area contributed by atoms with Crippen molar-refractivity contribution in [2.45, 2.75) is 122 Å². The summed E-state index contributed by atoms with van der Waals surface area (Å²) in [5.74, 6) is 2.64. The standard InChI is InChI=1S/C29H46O/c1-3-5-7-24-8-10-25(11-9-24)12-13-26-14-16-27(17-15-26)28-18-21-29(23-30,22-19-28)20-6-4-2/h14-17,23-25,28H,3-13,18-22H2,1-2H3. The van der Waals surface area contributed by atoms with Crippen molar-refractivity contribution in [3.8, 4) is 0 Å². The molecule has 30 heavy (non-hydrogen) atoms. The molecular formula is C29H46O. The molecule has 2 aliphatic rings. The maximum absolute atomic E-state index is 11.7. The third-order valence-corrected chi connectivity index (χ3v) is 8.48. The molecule has 168 valence electrons. The normalized spacial score (nSPS) is 29.6. The Morgan fingerprint density at radius 3 is 2.00 bits per heavy atom. The smallest absolute Gasteiger partial charge is 0.126 e. The summed E-state index contributed by atoms with van der Waals surface area (Å²) < 4.78 is 0. The lowest BCUT2D eigenvalue weighted by molar-refractivity contribution is -0.118. The molecule has 0 N–H and O–H groups in total. The fourth-order valence-electron chi connectivity index (χ4n) is 6.11. The van der Waals surface area contributed by atoms with Crippen LogP contribution in [0.4, 0.5) is 0 Å². The van der Waals surface area contributed by atoms with Gasteiger partial charge < -0.3 is 4.79 Å². The summed E-state index contributed by atoms with van der Waals surface area (Å²) in [6.07, 6.45) is 22.1. The minimum absolute atomic E-state index is 0.0119. The molecule has 1 aromatic rings. The van der Waals surface area contributed by atoms with Gasteiger partial charge in [-0.05, 0) is 73.8 Å². The summed E-state index contributed by atoms with van der Waals surface area (Å²) in [7, 11) is 0. The Hall–Kier alpha value is -1.11. The monoisotopic (exact) mass is 410 g/mol. The molecule has 0 atom stereocenters. The third-order valence-electron chi connectivity index (χ3n) is 8.48. The second-order valence-corrected chi connectivity index (χ2v) is 10.7. The molecule has 2 aliphatic carbocycles. The van der Waals surface area contributed by atoms with Gasteiger partial charge in [0.25, 0.3) is 0 Å². The number of carbonyl (C=O) groups excluding carboxylic acids is 1. The van der Waals surface area contributed by atoms with E-state index in [4.69, 9.17) is 0 Å². The van der Waals surface area contributed by atoms with Crippen molar-refractivity contribution in [1.29, 1.82) is 0 Å². The molecule has 0 bridgehead atoms. The summed E-state index contributed by atoms with van der Waals surface area (Å²) >= 11 is 0. The van der Waals surface area contributed by atoms with E-state index in [2.05, 4.69) is 38.1 Å². The summed E-state index contributed by atoms with van der Waals surface area (Å²) in [5, 5.41) is 0. The van der Waals surface area contributed by atoms with Gasteiger partial charge in [0.15, 0.2) is 0 Å². The van der Waals surface area contributed by atoms with Gasteiger partial charge in [-0.25, -0.2) is 0 Å². The minimum atomic E-state index is -0.0119. The Morgan fingerprint density at radius 2 is 1.43 bits per heavy atom. The third kappa shape index (κ3) is 6.69. The maximum atomic E-state index is 11.7. The largest absolute Gasteiger partial charge is 0.303 e. The Labute approximate surface area is 186 Å². The van der Waals surface area contributed by atoms with Gasteiger partial charge in [-0.15, -0.1) is 0 Å². The summed E-state index contributed by atoms with van der Waals surface area (Å²) in [6, 6.07) is 9.56. The van der Waals surface area contributed by atoms with Crippen LogP contribution in [0.15, 0.2) is 24.3 Å². The van der Waals surface area contributed by atoms with Gasteiger partial charge in [0.05, 0.1) is 0 Å². The molecule has 0 amide bonds. The van der Waals surface area contributed by atoms with Crippen molar-refractivity contribution in [2.24, 2.45) is 17.3 Å². The Balaban J connectivity index is 1.41. The van der Waals surface area contributed by atoms with Gasteiger partial charge in [-0.1, -0.05) is 95.9 Å². The minimum Gasteiger partial charge on any atom is -0.303 e. The molecule has 0 aromatic heterocycles. The van der Waals surface area contributed by atoms with Crippen molar-refractivity contribution >= 4 is 6.29 Å². The highest BCUT2D eigenvalue weighted by Crippen LogP contribution is 2.44. The predicted molar refractivity (Wildman–Crippen MR) is 129 cm³/mol. The first-order valence-corrected chi connectivity index (χ1v) is 13.2. The van der Waals surface area contributed by atoms with Gasteiger partial charge in [-0.3, -0.25) is 0 Å². The van der Waals surface area contributed by atoms with Crippen molar-refractivity contribution in [1.82, 2.24) is 0 Å². The zero-order valence-electron chi connectivity index (χ0n) is 19.8. The molecule has 1 heteroatoms. The van der Waals surface area contributed by atoms with Crippen LogP contribution in [0.2, 0.25) is 0 Å². The first-order chi connectivity index (χ1) is 14.7. The molecule has 0 saturated heterocycles. The average Bonchev–Trinajstić information content (AvgIpc) is 2.81.